The molecule has 12 aromatic rings. The van der Waals surface area contributed by atoms with Crippen LogP contribution in [-0.4, -0.2) is 19.1 Å². The first-order valence-electron chi connectivity index (χ1n) is 22.4. The molecule has 1 aliphatic rings. The van der Waals surface area contributed by atoms with Gasteiger partial charge < -0.3 is 9.13 Å². The van der Waals surface area contributed by atoms with Gasteiger partial charge in [-0.15, -0.1) is 0 Å². The number of benzene rings is 9. The van der Waals surface area contributed by atoms with Gasteiger partial charge in [0.05, 0.1) is 33.5 Å². The van der Waals surface area contributed by atoms with Crippen LogP contribution in [0.25, 0.3) is 111 Å². The van der Waals surface area contributed by atoms with Gasteiger partial charge in [-0.05, 0) is 106 Å². The van der Waals surface area contributed by atoms with Crippen molar-refractivity contribution in [3.05, 3.63) is 230 Å². The van der Waals surface area contributed by atoms with Gasteiger partial charge in [-0.25, -0.2) is 9.97 Å². The molecule has 65 heavy (non-hydrogen) atoms. The largest absolute Gasteiger partial charge is 0.309 e. The fourth-order valence-corrected chi connectivity index (χ4v) is 10.6. The van der Waals surface area contributed by atoms with E-state index in [1.165, 1.54) is 54.8 Å². The van der Waals surface area contributed by atoms with Crippen molar-refractivity contribution < 1.29 is 0 Å². The highest BCUT2D eigenvalue weighted by Crippen LogP contribution is 2.50. The van der Waals surface area contributed by atoms with Crippen molar-refractivity contribution >= 4 is 43.6 Å². The van der Waals surface area contributed by atoms with Crippen molar-refractivity contribution in [2.45, 2.75) is 19.3 Å². The lowest BCUT2D eigenvalue weighted by Gasteiger charge is -2.22. The van der Waals surface area contributed by atoms with E-state index in [4.69, 9.17) is 9.97 Å². The maximum absolute atomic E-state index is 5.42. The average molecular weight is 831 g/mol. The molecular weight excluding hydrogens is 789 g/mol. The van der Waals surface area contributed by atoms with Crippen molar-refractivity contribution in [3.8, 4) is 67.5 Å². The zero-order valence-electron chi connectivity index (χ0n) is 36.1. The third kappa shape index (κ3) is 5.84. The van der Waals surface area contributed by atoms with Crippen LogP contribution in [0.1, 0.15) is 25.0 Å². The lowest BCUT2D eigenvalue weighted by molar-refractivity contribution is 0.660. The van der Waals surface area contributed by atoms with Gasteiger partial charge in [0, 0.05) is 55.0 Å². The molecule has 3 heterocycles. The standard InChI is InChI=1S/C61H42N4/c1-61(2)52-25-13-9-21-46(52)47-31-29-41(37-53(47)61)54-38-55(63-60(62-54)39-17-5-3-6-18-39)43-33-42(34-45(35-43)65-56-26-14-10-22-48(56)49-23-11-15-27-57(49)65)40-30-32-59-51(36-40)50-24-12-16-28-58(50)64(59)44-19-7-4-8-20-44/h3-38H,1-2H3. The molecule has 0 radical (unpaired) electrons. The van der Waals surface area contributed by atoms with Crippen molar-refractivity contribution in [2.24, 2.45) is 0 Å². The maximum Gasteiger partial charge on any atom is 0.160 e. The Morgan fingerprint density at radius 2 is 0.846 bits per heavy atom. The Balaban J connectivity index is 1.06. The molecule has 1 aliphatic carbocycles. The summed E-state index contributed by atoms with van der Waals surface area (Å²) in [5.41, 5.74) is 19.1. The van der Waals surface area contributed by atoms with Crippen LogP contribution in [0.2, 0.25) is 0 Å². The number of para-hydroxylation sites is 4. The van der Waals surface area contributed by atoms with Crippen LogP contribution in [0.3, 0.4) is 0 Å². The zero-order chi connectivity index (χ0) is 43.2. The van der Waals surface area contributed by atoms with E-state index >= 15 is 0 Å². The van der Waals surface area contributed by atoms with Crippen LogP contribution in [0, 0.1) is 0 Å². The van der Waals surface area contributed by atoms with E-state index in [0.29, 0.717) is 5.82 Å². The van der Waals surface area contributed by atoms with E-state index in [2.05, 4.69) is 235 Å². The van der Waals surface area contributed by atoms with Gasteiger partial charge in [0.1, 0.15) is 0 Å². The van der Waals surface area contributed by atoms with Gasteiger partial charge >= 0.3 is 0 Å². The predicted octanol–water partition coefficient (Wildman–Crippen LogP) is 15.6. The van der Waals surface area contributed by atoms with Crippen molar-refractivity contribution in [1.82, 2.24) is 19.1 Å². The molecule has 0 spiro atoms. The molecule has 0 bridgehead atoms. The Hall–Kier alpha value is -8.34. The quantitative estimate of drug-likeness (QED) is 0.167. The van der Waals surface area contributed by atoms with Crippen molar-refractivity contribution in [2.75, 3.05) is 0 Å². The Morgan fingerprint density at radius 3 is 1.55 bits per heavy atom. The molecule has 306 valence electrons. The summed E-state index contributed by atoms with van der Waals surface area (Å²) in [7, 11) is 0. The maximum atomic E-state index is 5.42. The summed E-state index contributed by atoms with van der Waals surface area (Å²) in [6.45, 7) is 4.67. The van der Waals surface area contributed by atoms with Crippen molar-refractivity contribution in [3.63, 3.8) is 0 Å². The summed E-state index contributed by atoms with van der Waals surface area (Å²) >= 11 is 0. The fourth-order valence-electron chi connectivity index (χ4n) is 10.6. The first kappa shape index (κ1) is 37.2. The smallest absolute Gasteiger partial charge is 0.160 e. The Kier molecular flexibility index (Phi) is 8.22. The van der Waals surface area contributed by atoms with Crippen LogP contribution in [0.5, 0.6) is 0 Å². The number of hydrogen-bond acceptors (Lipinski definition) is 2. The highest BCUT2D eigenvalue weighted by molar-refractivity contribution is 6.11. The molecule has 9 aromatic carbocycles. The van der Waals surface area contributed by atoms with E-state index in [1.807, 2.05) is 6.07 Å². The SMILES string of the molecule is CC1(C)c2ccccc2-c2ccc(-c3cc(-c4cc(-c5ccc6c(c5)c5ccccc5n6-c5ccccc5)cc(-n5c6ccccc6c6ccccc65)c4)nc(-c4ccccc4)n3)cc21. The minimum atomic E-state index is -0.139. The number of hydrogen-bond donors (Lipinski definition) is 0. The third-order valence-electron chi connectivity index (χ3n) is 13.7. The van der Waals surface area contributed by atoms with E-state index in [-0.39, 0.29) is 5.41 Å². The molecule has 0 unspecified atom stereocenters. The number of fused-ring (bicyclic) bond motifs is 9. The zero-order valence-corrected chi connectivity index (χ0v) is 36.1. The minimum Gasteiger partial charge on any atom is -0.309 e. The van der Waals surface area contributed by atoms with Gasteiger partial charge in [0.25, 0.3) is 0 Å². The molecule has 0 saturated heterocycles. The summed E-state index contributed by atoms with van der Waals surface area (Å²) in [4.78, 5) is 10.7. The molecule has 0 saturated carbocycles. The van der Waals surface area contributed by atoms with Gasteiger partial charge in [-0.2, -0.15) is 0 Å². The van der Waals surface area contributed by atoms with Gasteiger partial charge in [-0.1, -0.05) is 159 Å². The molecule has 0 atom stereocenters. The lowest BCUT2D eigenvalue weighted by Crippen LogP contribution is -2.14. The minimum absolute atomic E-state index is 0.139. The topological polar surface area (TPSA) is 35.6 Å². The number of nitrogens with zero attached hydrogens (tertiary/aromatic N) is 4. The van der Waals surface area contributed by atoms with Crippen LogP contribution < -0.4 is 0 Å². The monoisotopic (exact) mass is 830 g/mol. The second kappa shape index (κ2) is 14.3. The van der Waals surface area contributed by atoms with Gasteiger partial charge in [0.2, 0.25) is 0 Å². The van der Waals surface area contributed by atoms with Crippen LogP contribution >= 0.6 is 0 Å². The molecule has 0 N–H and O–H groups in total. The summed E-state index contributed by atoms with van der Waals surface area (Å²) in [5.74, 6) is 0.695. The Bertz CT molecular complexity index is 3800. The van der Waals surface area contributed by atoms with E-state index in [9.17, 15) is 0 Å². The van der Waals surface area contributed by atoms with Crippen LogP contribution in [-0.2, 0) is 5.41 Å². The Morgan fingerprint density at radius 1 is 0.323 bits per heavy atom. The molecule has 13 rings (SSSR count). The predicted molar refractivity (Wildman–Crippen MR) is 270 cm³/mol. The van der Waals surface area contributed by atoms with Crippen LogP contribution in [0.15, 0.2) is 218 Å². The highest BCUT2D eigenvalue weighted by Gasteiger charge is 2.35. The molecule has 4 nitrogen and oxygen atoms in total. The molecule has 0 aliphatic heterocycles. The highest BCUT2D eigenvalue weighted by atomic mass is 15.0. The number of rotatable bonds is 6. The number of aromatic nitrogens is 4. The molecule has 4 heteroatoms. The molecular formula is C61H42N4. The molecule has 0 fully saturated rings. The molecule has 0 amide bonds. The summed E-state index contributed by atoms with van der Waals surface area (Å²) in [6, 6.07) is 79.0. The van der Waals surface area contributed by atoms with E-state index in [0.717, 1.165) is 61.6 Å². The van der Waals surface area contributed by atoms with Gasteiger partial charge in [0.15, 0.2) is 5.82 Å². The summed E-state index contributed by atoms with van der Waals surface area (Å²) in [6.07, 6.45) is 0. The van der Waals surface area contributed by atoms with Crippen molar-refractivity contribution in [1.29, 1.82) is 0 Å². The lowest BCUT2D eigenvalue weighted by atomic mass is 9.82. The van der Waals surface area contributed by atoms with E-state index < -0.39 is 0 Å². The normalized spacial score (nSPS) is 12.9. The summed E-state index contributed by atoms with van der Waals surface area (Å²) < 4.78 is 4.79. The Labute approximate surface area is 377 Å². The second-order valence-corrected chi connectivity index (χ2v) is 17.8. The van der Waals surface area contributed by atoms with Crippen LogP contribution in [0.4, 0.5) is 0 Å². The second-order valence-electron chi connectivity index (χ2n) is 17.8. The first-order chi connectivity index (χ1) is 32.0. The van der Waals surface area contributed by atoms with Gasteiger partial charge in [-0.3, -0.25) is 0 Å². The fraction of sp³-hybridized carbons (Fsp3) is 0.0492. The average Bonchev–Trinajstić information content (AvgIpc) is 3.97. The molecule has 3 aromatic heterocycles. The third-order valence-corrected chi connectivity index (χ3v) is 13.7. The summed E-state index contributed by atoms with van der Waals surface area (Å²) in [5, 5.41) is 4.88. The van der Waals surface area contributed by atoms with E-state index in [1.54, 1.807) is 0 Å². The first-order valence-corrected chi connectivity index (χ1v) is 22.4.